The fourth-order valence-electron chi connectivity index (χ4n) is 2.25. The van der Waals surface area contributed by atoms with Crippen molar-refractivity contribution in [1.29, 1.82) is 0 Å². The Labute approximate surface area is 153 Å². The van der Waals surface area contributed by atoms with Crippen LogP contribution in [0.2, 0.25) is 0 Å². The topological polar surface area (TPSA) is 93.4 Å². The van der Waals surface area contributed by atoms with Gasteiger partial charge in [-0.1, -0.05) is 6.07 Å². The number of hydrogen-bond acceptors (Lipinski definition) is 8. The molecule has 0 aliphatic rings. The lowest BCUT2D eigenvalue weighted by atomic mass is 10.1. The molecular formula is C16H27NO5S2. The lowest BCUT2D eigenvalue weighted by Gasteiger charge is -2.26. The number of hydrogen-bond donors (Lipinski definition) is 6. The third-order valence-corrected chi connectivity index (χ3v) is 4.24. The molecule has 0 fully saturated rings. The van der Waals surface area contributed by atoms with Crippen molar-refractivity contribution in [3.05, 3.63) is 29.3 Å². The zero-order chi connectivity index (χ0) is 17.9. The average Bonchev–Trinajstić information content (AvgIpc) is 2.60. The standard InChI is InChI=1S/C16H27NO5S2/c18-8-14(20)6-17(7-15(21)9-19)3-4-22-16-2-1-12(10-23)13(5-16)11-24/h1-2,5,14-15,18-21,23-24H,3-4,6-11H2/t14-,15-/m0/s1. The molecule has 0 bridgehead atoms. The summed E-state index contributed by atoms with van der Waals surface area (Å²) in [6, 6.07) is 5.75. The Morgan fingerprint density at radius 3 is 2.04 bits per heavy atom. The summed E-state index contributed by atoms with van der Waals surface area (Å²) >= 11 is 8.58. The summed E-state index contributed by atoms with van der Waals surface area (Å²) < 4.78 is 5.72. The summed E-state index contributed by atoms with van der Waals surface area (Å²) in [7, 11) is 0. The molecule has 0 saturated heterocycles. The molecule has 0 aliphatic heterocycles. The maximum atomic E-state index is 9.56. The Hall–Kier alpha value is -0.480. The Morgan fingerprint density at radius 2 is 1.54 bits per heavy atom. The molecule has 0 spiro atoms. The molecule has 0 amide bonds. The van der Waals surface area contributed by atoms with Gasteiger partial charge in [-0.2, -0.15) is 25.3 Å². The quantitative estimate of drug-likeness (QED) is 0.286. The molecule has 138 valence electrons. The van der Waals surface area contributed by atoms with Gasteiger partial charge in [0.25, 0.3) is 0 Å². The van der Waals surface area contributed by atoms with Gasteiger partial charge in [0.2, 0.25) is 0 Å². The van der Waals surface area contributed by atoms with E-state index in [9.17, 15) is 10.2 Å². The van der Waals surface area contributed by atoms with E-state index in [1.54, 1.807) is 4.90 Å². The van der Waals surface area contributed by atoms with Crippen molar-refractivity contribution >= 4 is 25.3 Å². The van der Waals surface area contributed by atoms with Crippen LogP contribution in [0.15, 0.2) is 18.2 Å². The van der Waals surface area contributed by atoms with Crippen LogP contribution in [0.4, 0.5) is 0 Å². The van der Waals surface area contributed by atoms with Crippen LogP contribution in [-0.4, -0.2) is 77.0 Å². The largest absolute Gasteiger partial charge is 0.492 e. The summed E-state index contributed by atoms with van der Waals surface area (Å²) in [6.07, 6.45) is -1.80. The molecule has 4 N–H and O–H groups in total. The fraction of sp³-hybridized carbons (Fsp3) is 0.625. The molecule has 0 aliphatic carbocycles. The molecule has 0 heterocycles. The molecule has 24 heavy (non-hydrogen) atoms. The molecule has 1 aromatic carbocycles. The van der Waals surface area contributed by atoms with E-state index < -0.39 is 12.2 Å². The first-order valence-corrected chi connectivity index (χ1v) is 9.07. The van der Waals surface area contributed by atoms with E-state index in [4.69, 9.17) is 14.9 Å². The van der Waals surface area contributed by atoms with Gasteiger partial charge in [0.05, 0.1) is 25.4 Å². The van der Waals surface area contributed by atoms with Crippen molar-refractivity contribution in [2.75, 3.05) is 39.5 Å². The normalized spacial score (nSPS) is 14.0. The van der Waals surface area contributed by atoms with E-state index in [0.29, 0.717) is 24.7 Å². The van der Waals surface area contributed by atoms with Crippen molar-refractivity contribution in [2.45, 2.75) is 23.7 Å². The first-order valence-electron chi connectivity index (χ1n) is 7.80. The number of thiol groups is 2. The average molecular weight is 378 g/mol. The molecule has 6 nitrogen and oxygen atoms in total. The van der Waals surface area contributed by atoms with Crippen LogP contribution < -0.4 is 4.74 Å². The van der Waals surface area contributed by atoms with E-state index in [2.05, 4.69) is 25.3 Å². The number of aliphatic hydroxyl groups excluding tert-OH is 4. The van der Waals surface area contributed by atoms with Crippen LogP contribution in [0, 0.1) is 0 Å². The number of benzene rings is 1. The first kappa shape index (κ1) is 21.6. The molecule has 0 radical (unpaired) electrons. The van der Waals surface area contributed by atoms with E-state index >= 15 is 0 Å². The molecule has 8 heteroatoms. The summed E-state index contributed by atoms with van der Waals surface area (Å²) in [5.41, 5.74) is 2.17. The predicted octanol–water partition coefficient (Wildman–Crippen LogP) is -0.0666. The Kier molecular flexibility index (Phi) is 10.8. The highest BCUT2D eigenvalue weighted by molar-refractivity contribution is 7.79. The second-order valence-electron chi connectivity index (χ2n) is 5.53. The first-order chi connectivity index (χ1) is 11.5. The summed E-state index contributed by atoms with van der Waals surface area (Å²) in [4.78, 5) is 1.74. The molecular weight excluding hydrogens is 350 g/mol. The third-order valence-electron chi connectivity index (χ3n) is 3.55. The lowest BCUT2D eigenvalue weighted by molar-refractivity contribution is 0.0193. The molecule has 1 aromatic rings. The number of aliphatic hydroxyl groups is 4. The highest BCUT2D eigenvalue weighted by Gasteiger charge is 2.15. The van der Waals surface area contributed by atoms with Gasteiger partial charge < -0.3 is 25.2 Å². The van der Waals surface area contributed by atoms with Gasteiger partial charge in [-0.15, -0.1) is 0 Å². The van der Waals surface area contributed by atoms with E-state index in [-0.39, 0.29) is 26.3 Å². The van der Waals surface area contributed by atoms with Crippen LogP contribution in [0.1, 0.15) is 11.1 Å². The zero-order valence-electron chi connectivity index (χ0n) is 13.6. The van der Waals surface area contributed by atoms with Crippen LogP contribution >= 0.6 is 25.3 Å². The summed E-state index contributed by atoms with van der Waals surface area (Å²) in [5.74, 6) is 1.96. The van der Waals surface area contributed by atoms with E-state index in [1.807, 2.05) is 18.2 Å². The Morgan fingerprint density at radius 1 is 0.958 bits per heavy atom. The summed E-state index contributed by atoms with van der Waals surface area (Å²) in [6.45, 7) is 0.460. The SMILES string of the molecule is OC[C@@H](O)CN(CCOc1ccc(CS)c(CS)c1)C[C@H](O)CO. The minimum Gasteiger partial charge on any atom is -0.492 e. The molecule has 1 rings (SSSR count). The van der Waals surface area contributed by atoms with Gasteiger partial charge in [0.15, 0.2) is 0 Å². The molecule has 0 unspecified atom stereocenters. The minimum atomic E-state index is -0.902. The van der Waals surface area contributed by atoms with E-state index in [0.717, 1.165) is 16.9 Å². The van der Waals surface area contributed by atoms with Crippen LogP contribution in [0.3, 0.4) is 0 Å². The van der Waals surface area contributed by atoms with Crippen LogP contribution in [0.25, 0.3) is 0 Å². The molecule has 2 atom stereocenters. The van der Waals surface area contributed by atoms with Gasteiger partial charge >= 0.3 is 0 Å². The smallest absolute Gasteiger partial charge is 0.119 e. The van der Waals surface area contributed by atoms with Gasteiger partial charge in [0, 0.05) is 31.1 Å². The maximum Gasteiger partial charge on any atom is 0.119 e. The number of rotatable bonds is 12. The molecule has 0 aromatic heterocycles. The second kappa shape index (κ2) is 12.0. The monoisotopic (exact) mass is 377 g/mol. The number of nitrogens with zero attached hydrogens (tertiary/aromatic N) is 1. The summed E-state index contributed by atoms with van der Waals surface area (Å²) in [5, 5.41) is 37.0. The van der Waals surface area contributed by atoms with Crippen molar-refractivity contribution < 1.29 is 25.2 Å². The van der Waals surface area contributed by atoms with Crippen LogP contribution in [0.5, 0.6) is 5.75 Å². The van der Waals surface area contributed by atoms with Gasteiger partial charge in [-0.05, 0) is 23.3 Å². The van der Waals surface area contributed by atoms with E-state index in [1.165, 1.54) is 0 Å². The lowest BCUT2D eigenvalue weighted by Crippen LogP contribution is -2.42. The predicted molar refractivity (Wildman–Crippen MR) is 99.9 cm³/mol. The Balaban J connectivity index is 2.56. The van der Waals surface area contributed by atoms with Crippen molar-refractivity contribution in [1.82, 2.24) is 4.90 Å². The van der Waals surface area contributed by atoms with Gasteiger partial charge in [0.1, 0.15) is 12.4 Å². The maximum absolute atomic E-state index is 9.56. The third kappa shape index (κ3) is 7.60. The molecule has 0 saturated carbocycles. The van der Waals surface area contributed by atoms with Crippen LogP contribution in [-0.2, 0) is 11.5 Å². The highest BCUT2D eigenvalue weighted by Crippen LogP contribution is 2.21. The van der Waals surface area contributed by atoms with Crippen molar-refractivity contribution in [3.8, 4) is 5.75 Å². The van der Waals surface area contributed by atoms with Gasteiger partial charge in [-0.3, -0.25) is 4.90 Å². The second-order valence-corrected chi connectivity index (χ2v) is 6.16. The zero-order valence-corrected chi connectivity index (χ0v) is 15.4. The Bertz CT molecular complexity index is 466. The van der Waals surface area contributed by atoms with Crippen molar-refractivity contribution in [3.63, 3.8) is 0 Å². The van der Waals surface area contributed by atoms with Gasteiger partial charge in [-0.25, -0.2) is 0 Å². The highest BCUT2D eigenvalue weighted by atomic mass is 32.1. The fourth-order valence-corrected chi connectivity index (χ4v) is 2.86. The number of ether oxygens (including phenoxy) is 1. The minimum absolute atomic E-state index is 0.192. The van der Waals surface area contributed by atoms with Crippen molar-refractivity contribution in [2.24, 2.45) is 0 Å².